The molecule has 0 saturated carbocycles. The second-order valence-corrected chi connectivity index (χ2v) is 7.95. The monoisotopic (exact) mass is 470 g/mol. The van der Waals surface area contributed by atoms with Gasteiger partial charge in [-0.2, -0.15) is 0 Å². The van der Waals surface area contributed by atoms with Crippen LogP contribution in [0.25, 0.3) is 6.08 Å². The van der Waals surface area contributed by atoms with Crippen molar-refractivity contribution in [2.24, 2.45) is 0 Å². The van der Waals surface area contributed by atoms with E-state index in [4.69, 9.17) is 9.47 Å². The van der Waals surface area contributed by atoms with E-state index in [1.165, 1.54) is 20.3 Å². The summed E-state index contributed by atoms with van der Waals surface area (Å²) in [5, 5.41) is 2.19. The fourth-order valence-electron chi connectivity index (χ4n) is 2.85. The van der Waals surface area contributed by atoms with Crippen LogP contribution in [0.3, 0.4) is 0 Å². The van der Waals surface area contributed by atoms with Gasteiger partial charge in [-0.15, -0.1) is 0 Å². The summed E-state index contributed by atoms with van der Waals surface area (Å²) in [6.07, 6.45) is 1.51. The van der Waals surface area contributed by atoms with Gasteiger partial charge in [-0.05, 0) is 54.6 Å². The molecule has 9 nitrogen and oxygen atoms in total. The van der Waals surface area contributed by atoms with Crippen LogP contribution in [0.4, 0.5) is 10.5 Å². The van der Waals surface area contributed by atoms with Crippen LogP contribution in [0.1, 0.15) is 11.1 Å². The number of hydrogen-bond acceptors (Lipinski definition) is 8. The number of carbonyl (C=O) groups is 4. The lowest BCUT2D eigenvalue weighted by molar-refractivity contribution is -0.143. The van der Waals surface area contributed by atoms with Gasteiger partial charge >= 0.3 is 5.97 Å². The highest BCUT2D eigenvalue weighted by Crippen LogP contribution is 2.34. The number of benzene rings is 2. The van der Waals surface area contributed by atoms with Crippen LogP contribution >= 0.6 is 11.8 Å². The number of amides is 3. The lowest BCUT2D eigenvalue weighted by Gasteiger charge is -2.12. The number of ether oxygens (including phenoxy) is 3. The molecule has 2 aromatic carbocycles. The second-order valence-electron chi connectivity index (χ2n) is 6.96. The minimum Gasteiger partial charge on any atom is -0.493 e. The molecule has 1 aliphatic heterocycles. The second kappa shape index (κ2) is 10.7. The Morgan fingerprint density at radius 1 is 1.06 bits per heavy atom. The minimum absolute atomic E-state index is 0.164. The maximum absolute atomic E-state index is 12.4. The first-order valence-electron chi connectivity index (χ1n) is 9.80. The van der Waals surface area contributed by atoms with Crippen LogP contribution in [-0.2, 0) is 19.1 Å². The summed E-state index contributed by atoms with van der Waals surface area (Å²) in [5.74, 6) is -0.909. The van der Waals surface area contributed by atoms with E-state index < -0.39 is 23.7 Å². The van der Waals surface area contributed by atoms with Crippen molar-refractivity contribution in [3.05, 3.63) is 58.5 Å². The average molecular weight is 471 g/mol. The number of nitrogens with zero attached hydrogens (tertiary/aromatic N) is 1. The van der Waals surface area contributed by atoms with Gasteiger partial charge in [-0.3, -0.25) is 24.1 Å². The van der Waals surface area contributed by atoms with Crippen LogP contribution in [0.15, 0.2) is 47.4 Å². The van der Waals surface area contributed by atoms with Gasteiger partial charge < -0.3 is 19.5 Å². The van der Waals surface area contributed by atoms with Crippen LogP contribution < -0.4 is 14.8 Å². The first kappa shape index (κ1) is 23.9. The molecule has 1 N–H and O–H groups in total. The standard InChI is InChI=1S/C23H22N2O7S/c1-14-4-7-16(8-5-14)24-20(26)13-32-17-9-6-15(10-18(17)30-2)11-19-22(28)25(23(29)33-19)12-21(27)31-3/h4-11H,12-13H2,1-3H3,(H,24,26)/b19-11-. The molecule has 0 radical (unpaired) electrons. The molecule has 3 amide bonds. The number of rotatable bonds is 8. The normalized spacial score (nSPS) is 14.4. The number of hydrogen-bond donors (Lipinski definition) is 1. The Hall–Kier alpha value is -3.79. The maximum Gasteiger partial charge on any atom is 0.325 e. The number of thioether (sulfide) groups is 1. The molecule has 0 spiro atoms. The largest absolute Gasteiger partial charge is 0.493 e. The first-order valence-corrected chi connectivity index (χ1v) is 10.6. The molecule has 2 aromatic rings. The molecule has 1 aliphatic rings. The summed E-state index contributed by atoms with van der Waals surface area (Å²) in [4.78, 5) is 49.1. The fraction of sp³-hybridized carbons (Fsp3) is 0.217. The number of nitrogens with one attached hydrogen (secondary N) is 1. The highest BCUT2D eigenvalue weighted by molar-refractivity contribution is 8.18. The molecule has 0 unspecified atom stereocenters. The smallest absolute Gasteiger partial charge is 0.325 e. The average Bonchev–Trinajstić information content (AvgIpc) is 3.06. The molecular formula is C23H22N2O7S. The van der Waals surface area contributed by atoms with E-state index in [-0.39, 0.29) is 17.4 Å². The Labute approximate surface area is 194 Å². The molecule has 1 heterocycles. The van der Waals surface area contributed by atoms with Gasteiger partial charge in [0.2, 0.25) is 0 Å². The molecule has 33 heavy (non-hydrogen) atoms. The third kappa shape index (κ3) is 6.13. The zero-order valence-corrected chi connectivity index (χ0v) is 19.1. The summed E-state index contributed by atoms with van der Waals surface area (Å²) >= 11 is 0.728. The van der Waals surface area contributed by atoms with Crippen LogP contribution in [0, 0.1) is 6.92 Å². The van der Waals surface area contributed by atoms with E-state index in [2.05, 4.69) is 10.1 Å². The number of aryl methyl sites for hydroxylation is 1. The Morgan fingerprint density at radius 3 is 2.45 bits per heavy atom. The summed E-state index contributed by atoms with van der Waals surface area (Å²) in [5.41, 5.74) is 2.33. The molecule has 1 fully saturated rings. The van der Waals surface area contributed by atoms with Gasteiger partial charge in [0.15, 0.2) is 18.1 Å². The molecule has 172 valence electrons. The van der Waals surface area contributed by atoms with Gasteiger partial charge in [0.25, 0.3) is 17.1 Å². The molecule has 0 aromatic heterocycles. The number of anilines is 1. The Morgan fingerprint density at radius 2 is 1.79 bits per heavy atom. The predicted octanol–water partition coefficient (Wildman–Crippen LogP) is 3.23. The van der Waals surface area contributed by atoms with Crippen LogP contribution in [0.2, 0.25) is 0 Å². The van der Waals surface area contributed by atoms with E-state index >= 15 is 0 Å². The quantitative estimate of drug-likeness (QED) is 0.462. The fourth-order valence-corrected chi connectivity index (χ4v) is 3.69. The van der Waals surface area contributed by atoms with Crippen molar-refractivity contribution in [3.63, 3.8) is 0 Å². The molecule has 10 heteroatoms. The maximum atomic E-state index is 12.4. The molecule has 0 bridgehead atoms. The van der Waals surface area contributed by atoms with Crippen molar-refractivity contribution < 1.29 is 33.4 Å². The minimum atomic E-state index is -0.687. The highest BCUT2D eigenvalue weighted by atomic mass is 32.2. The van der Waals surface area contributed by atoms with Crippen molar-refractivity contribution in [3.8, 4) is 11.5 Å². The summed E-state index contributed by atoms with van der Waals surface area (Å²) in [7, 11) is 2.63. The number of methoxy groups -OCH3 is 2. The van der Waals surface area contributed by atoms with Gasteiger partial charge in [0.1, 0.15) is 6.54 Å². The third-order valence-corrected chi connectivity index (χ3v) is 5.48. The van der Waals surface area contributed by atoms with Crippen LogP contribution in [-0.4, -0.2) is 55.3 Å². The summed E-state index contributed by atoms with van der Waals surface area (Å²) in [6, 6.07) is 12.3. The Balaban J connectivity index is 1.66. The zero-order chi connectivity index (χ0) is 24.0. The molecule has 0 aliphatic carbocycles. The van der Waals surface area contributed by atoms with Gasteiger partial charge in [0.05, 0.1) is 19.1 Å². The van der Waals surface area contributed by atoms with Crippen LogP contribution in [0.5, 0.6) is 11.5 Å². The van der Waals surface area contributed by atoms with Gasteiger partial charge in [0, 0.05) is 5.69 Å². The van der Waals surface area contributed by atoms with Crippen molar-refractivity contribution in [2.75, 3.05) is 32.7 Å². The SMILES string of the molecule is COC(=O)CN1C(=O)S/C(=C\c2ccc(OCC(=O)Nc3ccc(C)cc3)c(OC)c2)C1=O. The van der Waals surface area contributed by atoms with Crippen molar-refractivity contribution in [2.45, 2.75) is 6.92 Å². The Bertz CT molecular complexity index is 1110. The Kier molecular flexibility index (Phi) is 7.73. The third-order valence-electron chi connectivity index (χ3n) is 4.57. The lowest BCUT2D eigenvalue weighted by Crippen LogP contribution is -2.34. The van der Waals surface area contributed by atoms with E-state index in [1.54, 1.807) is 30.3 Å². The van der Waals surface area contributed by atoms with Crippen molar-refractivity contribution in [1.82, 2.24) is 4.90 Å². The topological polar surface area (TPSA) is 111 Å². The summed E-state index contributed by atoms with van der Waals surface area (Å²) in [6.45, 7) is 1.29. The molecule has 1 saturated heterocycles. The van der Waals surface area contributed by atoms with E-state index in [0.717, 1.165) is 22.2 Å². The number of carbonyl (C=O) groups excluding carboxylic acids is 4. The van der Waals surface area contributed by atoms with Crippen molar-refractivity contribution >= 4 is 46.5 Å². The van der Waals surface area contributed by atoms with E-state index in [0.29, 0.717) is 22.7 Å². The lowest BCUT2D eigenvalue weighted by atomic mass is 10.2. The van der Waals surface area contributed by atoms with E-state index in [9.17, 15) is 19.2 Å². The van der Waals surface area contributed by atoms with Gasteiger partial charge in [-0.1, -0.05) is 23.8 Å². The first-order chi connectivity index (χ1) is 15.8. The van der Waals surface area contributed by atoms with E-state index in [1.807, 2.05) is 19.1 Å². The predicted molar refractivity (Wildman–Crippen MR) is 123 cm³/mol. The molecule has 0 atom stereocenters. The van der Waals surface area contributed by atoms with Crippen molar-refractivity contribution in [1.29, 1.82) is 0 Å². The van der Waals surface area contributed by atoms with Gasteiger partial charge in [-0.25, -0.2) is 0 Å². The summed E-state index contributed by atoms with van der Waals surface area (Å²) < 4.78 is 15.4. The number of esters is 1. The molecule has 3 rings (SSSR count). The zero-order valence-electron chi connectivity index (χ0n) is 18.2. The molecular weight excluding hydrogens is 448 g/mol. The highest BCUT2D eigenvalue weighted by Gasteiger charge is 2.36. The number of imide groups is 1.